The van der Waals surface area contributed by atoms with Gasteiger partial charge in [-0.15, -0.1) is 0 Å². The zero-order valence-corrected chi connectivity index (χ0v) is 13.8. The van der Waals surface area contributed by atoms with Gasteiger partial charge < -0.3 is 14.6 Å². The van der Waals surface area contributed by atoms with E-state index in [0.717, 1.165) is 37.4 Å². The van der Waals surface area contributed by atoms with E-state index >= 15 is 0 Å². The van der Waals surface area contributed by atoms with Crippen molar-refractivity contribution in [3.63, 3.8) is 0 Å². The summed E-state index contributed by atoms with van der Waals surface area (Å²) in [7, 11) is 2.04. The molecule has 0 saturated heterocycles. The van der Waals surface area contributed by atoms with E-state index in [0.29, 0.717) is 18.6 Å². The Hall–Kier alpha value is -0.940. The zero-order chi connectivity index (χ0) is 15.3. The number of ether oxygens (including phenoxy) is 1. The number of nitrogens with zero attached hydrogens (tertiary/aromatic N) is 2. The maximum absolute atomic E-state index is 5.95. The minimum atomic E-state index is -0.390. The molecule has 1 aliphatic rings. The van der Waals surface area contributed by atoms with Crippen LogP contribution >= 0.6 is 0 Å². The molecule has 120 valence electrons. The first-order chi connectivity index (χ1) is 10.2. The van der Waals surface area contributed by atoms with E-state index in [1.807, 2.05) is 14.0 Å². The molecule has 1 aromatic heterocycles. The molecular weight excluding hydrogens is 266 g/mol. The van der Waals surface area contributed by atoms with Crippen molar-refractivity contribution in [2.24, 2.45) is 0 Å². The van der Waals surface area contributed by atoms with Gasteiger partial charge in [-0.2, -0.15) is 4.98 Å². The summed E-state index contributed by atoms with van der Waals surface area (Å²) < 4.78 is 11.5. The molecule has 0 radical (unpaired) electrons. The van der Waals surface area contributed by atoms with Gasteiger partial charge in [0.1, 0.15) is 5.60 Å². The summed E-state index contributed by atoms with van der Waals surface area (Å²) in [6.07, 6.45) is 6.32. The molecule has 1 fully saturated rings. The van der Waals surface area contributed by atoms with Gasteiger partial charge in [0.25, 0.3) is 0 Å². The minimum absolute atomic E-state index is 0.390. The number of hydrogen-bond donors (Lipinski definition) is 1. The van der Waals surface area contributed by atoms with E-state index in [-0.39, 0.29) is 0 Å². The Labute approximate surface area is 127 Å². The predicted molar refractivity (Wildman–Crippen MR) is 82.2 cm³/mol. The largest absolute Gasteiger partial charge is 0.367 e. The van der Waals surface area contributed by atoms with Crippen LogP contribution in [0.3, 0.4) is 0 Å². The Morgan fingerprint density at radius 3 is 2.38 bits per heavy atom. The van der Waals surface area contributed by atoms with Crippen molar-refractivity contribution in [2.45, 2.75) is 76.9 Å². The zero-order valence-electron chi connectivity index (χ0n) is 13.8. The van der Waals surface area contributed by atoms with Crippen LogP contribution in [0.1, 0.15) is 76.9 Å². The normalized spacial score (nSPS) is 23.4. The summed E-state index contributed by atoms with van der Waals surface area (Å²) in [6, 6.07) is 0.637. The molecular formula is C16H29N3O2. The van der Waals surface area contributed by atoms with Gasteiger partial charge in [0.2, 0.25) is 11.7 Å². The molecule has 1 N–H and O–H groups in total. The van der Waals surface area contributed by atoms with Gasteiger partial charge in [0.15, 0.2) is 0 Å². The summed E-state index contributed by atoms with van der Waals surface area (Å²) in [6.45, 7) is 6.92. The lowest BCUT2D eigenvalue weighted by atomic mass is 9.86. The van der Waals surface area contributed by atoms with Gasteiger partial charge in [-0.1, -0.05) is 19.0 Å². The van der Waals surface area contributed by atoms with Crippen LogP contribution in [-0.4, -0.2) is 29.8 Å². The Balaban J connectivity index is 2.10. The monoisotopic (exact) mass is 295 g/mol. The highest BCUT2D eigenvalue weighted by Crippen LogP contribution is 2.35. The summed E-state index contributed by atoms with van der Waals surface area (Å²) in [5.74, 6) is 1.93. The Bertz CT molecular complexity index is 421. The molecule has 0 bridgehead atoms. The molecule has 5 heteroatoms. The molecule has 2 rings (SSSR count). The van der Waals surface area contributed by atoms with Crippen LogP contribution in [0.2, 0.25) is 0 Å². The van der Waals surface area contributed by atoms with E-state index in [1.54, 1.807) is 0 Å². The number of hydrogen-bond acceptors (Lipinski definition) is 5. The minimum Gasteiger partial charge on any atom is -0.367 e. The lowest BCUT2D eigenvalue weighted by Crippen LogP contribution is -2.30. The molecule has 1 heterocycles. The average molecular weight is 295 g/mol. The first kappa shape index (κ1) is 16.4. The number of aromatic nitrogens is 2. The number of rotatable bonds is 7. The molecule has 0 atom stereocenters. The highest BCUT2D eigenvalue weighted by Gasteiger charge is 2.36. The van der Waals surface area contributed by atoms with Crippen LogP contribution in [0.15, 0.2) is 4.52 Å². The third kappa shape index (κ3) is 3.46. The fraction of sp³-hybridized carbons (Fsp3) is 0.875. The molecule has 0 amide bonds. The summed E-state index contributed by atoms with van der Waals surface area (Å²) >= 11 is 0. The van der Waals surface area contributed by atoms with Crippen molar-refractivity contribution in [1.29, 1.82) is 0 Å². The van der Waals surface area contributed by atoms with Crippen LogP contribution in [0.5, 0.6) is 0 Å². The van der Waals surface area contributed by atoms with Crippen molar-refractivity contribution in [3.05, 3.63) is 11.7 Å². The lowest BCUT2D eigenvalue weighted by Gasteiger charge is -2.28. The van der Waals surface area contributed by atoms with Crippen molar-refractivity contribution in [3.8, 4) is 0 Å². The quantitative estimate of drug-likeness (QED) is 0.835. The maximum atomic E-state index is 5.95. The maximum Gasteiger partial charge on any atom is 0.229 e. The van der Waals surface area contributed by atoms with Crippen molar-refractivity contribution in [1.82, 2.24) is 15.5 Å². The van der Waals surface area contributed by atoms with Crippen LogP contribution in [0, 0.1) is 0 Å². The van der Waals surface area contributed by atoms with E-state index < -0.39 is 5.60 Å². The SMILES string of the molecule is CCOC(CC)(CC)c1noc(C2CCC(NC)CC2)n1. The Morgan fingerprint density at radius 1 is 1.19 bits per heavy atom. The predicted octanol–water partition coefficient (Wildman–Crippen LogP) is 3.37. The van der Waals surface area contributed by atoms with Gasteiger partial charge in [-0.05, 0) is 52.5 Å². The highest BCUT2D eigenvalue weighted by molar-refractivity contribution is 5.04. The molecule has 5 nitrogen and oxygen atoms in total. The third-order valence-electron chi connectivity index (χ3n) is 4.90. The first-order valence-corrected chi connectivity index (χ1v) is 8.34. The molecule has 1 aliphatic carbocycles. The van der Waals surface area contributed by atoms with Gasteiger partial charge in [-0.3, -0.25) is 0 Å². The topological polar surface area (TPSA) is 60.2 Å². The highest BCUT2D eigenvalue weighted by atomic mass is 16.5. The molecule has 0 aromatic carbocycles. The van der Waals surface area contributed by atoms with Crippen molar-refractivity contribution >= 4 is 0 Å². The molecule has 0 unspecified atom stereocenters. The van der Waals surface area contributed by atoms with Gasteiger partial charge in [0.05, 0.1) is 0 Å². The summed E-state index contributed by atoms with van der Waals surface area (Å²) in [5.41, 5.74) is -0.390. The number of nitrogens with one attached hydrogen (secondary N) is 1. The van der Waals surface area contributed by atoms with Crippen LogP contribution in [-0.2, 0) is 10.3 Å². The van der Waals surface area contributed by atoms with E-state index in [9.17, 15) is 0 Å². The van der Waals surface area contributed by atoms with Crippen LogP contribution in [0.25, 0.3) is 0 Å². The van der Waals surface area contributed by atoms with Gasteiger partial charge >= 0.3 is 0 Å². The van der Waals surface area contributed by atoms with Crippen LogP contribution in [0.4, 0.5) is 0 Å². The van der Waals surface area contributed by atoms with E-state index in [4.69, 9.17) is 14.2 Å². The average Bonchev–Trinajstić information content (AvgIpc) is 3.03. The smallest absolute Gasteiger partial charge is 0.229 e. The molecule has 0 aliphatic heterocycles. The third-order valence-corrected chi connectivity index (χ3v) is 4.90. The fourth-order valence-electron chi connectivity index (χ4n) is 3.33. The summed E-state index contributed by atoms with van der Waals surface area (Å²) in [5, 5.41) is 7.59. The second kappa shape index (κ2) is 7.36. The van der Waals surface area contributed by atoms with E-state index in [2.05, 4.69) is 24.3 Å². The second-order valence-corrected chi connectivity index (χ2v) is 5.93. The van der Waals surface area contributed by atoms with Crippen molar-refractivity contribution in [2.75, 3.05) is 13.7 Å². The van der Waals surface area contributed by atoms with Crippen molar-refractivity contribution < 1.29 is 9.26 Å². The Morgan fingerprint density at radius 2 is 1.86 bits per heavy atom. The fourth-order valence-corrected chi connectivity index (χ4v) is 3.33. The first-order valence-electron chi connectivity index (χ1n) is 8.34. The lowest BCUT2D eigenvalue weighted by molar-refractivity contribution is -0.0583. The molecule has 21 heavy (non-hydrogen) atoms. The standard InChI is InChI=1S/C16H29N3O2/c1-5-16(6-2,20-7-3)15-18-14(21-19-15)12-8-10-13(17-4)11-9-12/h12-13,17H,5-11H2,1-4H3. The van der Waals surface area contributed by atoms with Crippen LogP contribution < -0.4 is 5.32 Å². The molecule has 0 spiro atoms. The summed E-state index contributed by atoms with van der Waals surface area (Å²) in [4.78, 5) is 4.69. The second-order valence-electron chi connectivity index (χ2n) is 5.93. The van der Waals surface area contributed by atoms with Gasteiger partial charge in [-0.25, -0.2) is 0 Å². The van der Waals surface area contributed by atoms with Gasteiger partial charge in [0, 0.05) is 18.6 Å². The Kier molecular flexibility index (Phi) is 5.76. The van der Waals surface area contributed by atoms with E-state index in [1.165, 1.54) is 12.8 Å². The molecule has 1 saturated carbocycles. The molecule has 1 aromatic rings.